The zero-order valence-electron chi connectivity index (χ0n) is 9.06. The first-order chi connectivity index (χ1) is 6.98. The van der Waals surface area contributed by atoms with Crippen molar-refractivity contribution in [1.82, 2.24) is 4.90 Å². The molecule has 1 aliphatic carbocycles. The SMILES string of the molecule is CCC(CCN)N(CC(F)(F)F)C1CC1. The van der Waals surface area contributed by atoms with Gasteiger partial charge in [-0.3, -0.25) is 4.90 Å². The molecule has 0 radical (unpaired) electrons. The van der Waals surface area contributed by atoms with Gasteiger partial charge in [0.05, 0.1) is 6.54 Å². The second kappa shape index (κ2) is 5.16. The van der Waals surface area contributed by atoms with Crippen molar-refractivity contribution in [2.45, 2.75) is 50.9 Å². The van der Waals surface area contributed by atoms with Crippen molar-refractivity contribution < 1.29 is 13.2 Å². The van der Waals surface area contributed by atoms with Gasteiger partial charge in [0.15, 0.2) is 0 Å². The van der Waals surface area contributed by atoms with Crippen molar-refractivity contribution in [2.75, 3.05) is 13.1 Å². The van der Waals surface area contributed by atoms with Crippen LogP contribution in [0.3, 0.4) is 0 Å². The maximum absolute atomic E-state index is 12.4. The van der Waals surface area contributed by atoms with E-state index >= 15 is 0 Å². The minimum absolute atomic E-state index is 0.0101. The summed E-state index contributed by atoms with van der Waals surface area (Å²) < 4.78 is 37.1. The number of hydrogen-bond acceptors (Lipinski definition) is 2. The second-order valence-electron chi connectivity index (χ2n) is 4.16. The van der Waals surface area contributed by atoms with Crippen molar-refractivity contribution in [1.29, 1.82) is 0 Å². The van der Waals surface area contributed by atoms with Crippen LogP contribution in [0.4, 0.5) is 13.2 Å². The molecule has 0 spiro atoms. The summed E-state index contributed by atoms with van der Waals surface area (Å²) >= 11 is 0. The fourth-order valence-corrected chi connectivity index (χ4v) is 1.97. The number of rotatable bonds is 6. The molecule has 0 aromatic carbocycles. The number of alkyl halides is 3. The fourth-order valence-electron chi connectivity index (χ4n) is 1.97. The Balaban J connectivity index is 2.54. The lowest BCUT2D eigenvalue weighted by Gasteiger charge is -2.31. The Morgan fingerprint density at radius 1 is 1.40 bits per heavy atom. The third kappa shape index (κ3) is 4.38. The molecule has 1 rings (SSSR count). The van der Waals surface area contributed by atoms with Crippen LogP contribution in [0, 0.1) is 0 Å². The van der Waals surface area contributed by atoms with Crippen LogP contribution in [0.15, 0.2) is 0 Å². The number of nitrogens with zero attached hydrogens (tertiary/aromatic N) is 1. The summed E-state index contributed by atoms with van der Waals surface area (Å²) in [7, 11) is 0. The zero-order chi connectivity index (χ0) is 11.5. The Morgan fingerprint density at radius 3 is 2.33 bits per heavy atom. The topological polar surface area (TPSA) is 29.3 Å². The van der Waals surface area contributed by atoms with Gasteiger partial charge in [0.1, 0.15) is 0 Å². The molecule has 0 bridgehead atoms. The molecule has 2 nitrogen and oxygen atoms in total. The van der Waals surface area contributed by atoms with Gasteiger partial charge in [-0.1, -0.05) is 6.92 Å². The quantitative estimate of drug-likeness (QED) is 0.749. The van der Waals surface area contributed by atoms with Crippen LogP contribution < -0.4 is 5.73 Å². The normalized spacial score (nSPS) is 19.6. The maximum atomic E-state index is 12.4. The molecule has 5 heteroatoms. The highest BCUT2D eigenvalue weighted by Gasteiger charge is 2.40. The molecule has 1 fully saturated rings. The number of halogens is 3. The molecule has 90 valence electrons. The molecular formula is C10H19F3N2. The van der Waals surface area contributed by atoms with Crippen molar-refractivity contribution in [3.63, 3.8) is 0 Å². The predicted octanol–water partition coefficient (Wildman–Crippen LogP) is 2.14. The van der Waals surface area contributed by atoms with Crippen LogP contribution in [0.25, 0.3) is 0 Å². The van der Waals surface area contributed by atoms with Crippen LogP contribution in [0.5, 0.6) is 0 Å². The van der Waals surface area contributed by atoms with E-state index in [-0.39, 0.29) is 12.1 Å². The highest BCUT2D eigenvalue weighted by atomic mass is 19.4. The Morgan fingerprint density at radius 2 is 2.00 bits per heavy atom. The monoisotopic (exact) mass is 224 g/mol. The lowest BCUT2D eigenvalue weighted by atomic mass is 10.1. The van der Waals surface area contributed by atoms with E-state index < -0.39 is 12.7 Å². The van der Waals surface area contributed by atoms with E-state index in [1.807, 2.05) is 6.92 Å². The molecule has 1 saturated carbocycles. The van der Waals surface area contributed by atoms with Gasteiger partial charge < -0.3 is 5.73 Å². The predicted molar refractivity (Wildman–Crippen MR) is 53.5 cm³/mol. The molecule has 0 aromatic heterocycles. The standard InChI is InChI=1S/C10H19F3N2/c1-2-8(5-6-14)15(9-3-4-9)7-10(11,12)13/h8-9H,2-7,14H2,1H3. The largest absolute Gasteiger partial charge is 0.401 e. The summed E-state index contributed by atoms with van der Waals surface area (Å²) in [5, 5.41) is 0. The molecule has 1 atom stereocenters. The fraction of sp³-hybridized carbons (Fsp3) is 1.00. The third-order valence-electron chi connectivity index (χ3n) is 2.82. The first kappa shape index (κ1) is 12.8. The van der Waals surface area contributed by atoms with Gasteiger partial charge >= 0.3 is 6.18 Å². The summed E-state index contributed by atoms with van der Waals surface area (Å²) in [6, 6.07) is 0.132. The van der Waals surface area contributed by atoms with Gasteiger partial charge in [0.25, 0.3) is 0 Å². The summed E-state index contributed by atoms with van der Waals surface area (Å²) in [6.07, 6.45) is -0.897. The maximum Gasteiger partial charge on any atom is 0.401 e. The molecule has 15 heavy (non-hydrogen) atoms. The van der Waals surface area contributed by atoms with E-state index in [0.717, 1.165) is 19.3 Å². The van der Waals surface area contributed by atoms with Gasteiger partial charge in [0, 0.05) is 12.1 Å². The van der Waals surface area contributed by atoms with Gasteiger partial charge in [-0.25, -0.2) is 0 Å². The van der Waals surface area contributed by atoms with Crippen LogP contribution in [0.2, 0.25) is 0 Å². The molecule has 0 aromatic rings. The first-order valence-corrected chi connectivity index (χ1v) is 5.50. The van der Waals surface area contributed by atoms with E-state index in [4.69, 9.17) is 5.73 Å². The highest BCUT2D eigenvalue weighted by Crippen LogP contribution is 2.33. The van der Waals surface area contributed by atoms with Crippen molar-refractivity contribution in [3.8, 4) is 0 Å². The summed E-state index contributed by atoms with van der Waals surface area (Å²) in [4.78, 5) is 1.59. The molecule has 0 saturated heterocycles. The van der Waals surface area contributed by atoms with Gasteiger partial charge in [0.2, 0.25) is 0 Å². The van der Waals surface area contributed by atoms with Gasteiger partial charge in [-0.05, 0) is 32.2 Å². The Bertz CT molecular complexity index is 190. The third-order valence-corrected chi connectivity index (χ3v) is 2.82. The van der Waals surface area contributed by atoms with E-state index in [2.05, 4.69) is 0 Å². The minimum Gasteiger partial charge on any atom is -0.330 e. The van der Waals surface area contributed by atoms with Crippen LogP contribution >= 0.6 is 0 Å². The average Bonchev–Trinajstić information content (AvgIpc) is 2.92. The highest BCUT2D eigenvalue weighted by molar-refractivity contribution is 4.89. The molecule has 0 aliphatic heterocycles. The van der Waals surface area contributed by atoms with Crippen molar-refractivity contribution in [3.05, 3.63) is 0 Å². The van der Waals surface area contributed by atoms with E-state index in [1.54, 1.807) is 4.90 Å². The van der Waals surface area contributed by atoms with Crippen molar-refractivity contribution >= 4 is 0 Å². The Labute approximate surface area is 88.6 Å². The van der Waals surface area contributed by atoms with Crippen LogP contribution in [-0.4, -0.2) is 36.2 Å². The molecule has 1 aliphatic rings. The van der Waals surface area contributed by atoms with E-state index in [0.29, 0.717) is 13.0 Å². The average molecular weight is 224 g/mol. The van der Waals surface area contributed by atoms with Crippen molar-refractivity contribution in [2.24, 2.45) is 5.73 Å². The van der Waals surface area contributed by atoms with Crippen LogP contribution in [0.1, 0.15) is 32.6 Å². The van der Waals surface area contributed by atoms with E-state index in [9.17, 15) is 13.2 Å². The summed E-state index contributed by atoms with van der Waals surface area (Å²) in [5.41, 5.74) is 5.42. The molecule has 0 heterocycles. The van der Waals surface area contributed by atoms with Gasteiger partial charge in [-0.15, -0.1) is 0 Å². The Hall–Kier alpha value is -0.290. The molecule has 1 unspecified atom stereocenters. The van der Waals surface area contributed by atoms with E-state index in [1.165, 1.54) is 0 Å². The Kier molecular flexibility index (Phi) is 4.40. The molecule has 2 N–H and O–H groups in total. The number of nitrogens with two attached hydrogens (primary N) is 1. The first-order valence-electron chi connectivity index (χ1n) is 5.50. The number of hydrogen-bond donors (Lipinski definition) is 1. The lowest BCUT2D eigenvalue weighted by Crippen LogP contribution is -2.43. The molecular weight excluding hydrogens is 205 g/mol. The summed E-state index contributed by atoms with van der Waals surface area (Å²) in [6.45, 7) is 1.60. The van der Waals surface area contributed by atoms with Crippen LogP contribution in [-0.2, 0) is 0 Å². The molecule has 0 amide bonds. The second-order valence-corrected chi connectivity index (χ2v) is 4.16. The zero-order valence-corrected chi connectivity index (χ0v) is 9.06. The lowest BCUT2D eigenvalue weighted by molar-refractivity contribution is -0.152. The van der Waals surface area contributed by atoms with Gasteiger partial charge in [-0.2, -0.15) is 13.2 Å². The smallest absolute Gasteiger partial charge is 0.330 e. The summed E-state index contributed by atoms with van der Waals surface area (Å²) in [5.74, 6) is 0. The minimum atomic E-state index is -4.09.